The second-order valence-electron chi connectivity index (χ2n) is 6.19. The van der Waals surface area contributed by atoms with E-state index in [1.807, 2.05) is 18.2 Å². The van der Waals surface area contributed by atoms with Crippen LogP contribution in [-0.4, -0.2) is 47.4 Å². The van der Waals surface area contributed by atoms with Crippen molar-refractivity contribution in [3.63, 3.8) is 0 Å². The number of aromatic amines is 1. The van der Waals surface area contributed by atoms with Gasteiger partial charge in [-0.15, -0.1) is 0 Å². The lowest BCUT2D eigenvalue weighted by Gasteiger charge is -2.32. The summed E-state index contributed by atoms with van der Waals surface area (Å²) in [5.41, 5.74) is 14.6. The summed E-state index contributed by atoms with van der Waals surface area (Å²) in [6.45, 7) is 6.92. The van der Waals surface area contributed by atoms with E-state index in [1.54, 1.807) is 7.11 Å². The molecule has 1 aliphatic heterocycles. The lowest BCUT2D eigenvalue weighted by molar-refractivity contribution is 0.342. The van der Waals surface area contributed by atoms with Gasteiger partial charge in [0.05, 0.1) is 25.5 Å². The van der Waals surface area contributed by atoms with Crippen LogP contribution in [0.3, 0.4) is 0 Å². The summed E-state index contributed by atoms with van der Waals surface area (Å²) in [6.07, 6.45) is 1.54. The van der Waals surface area contributed by atoms with Gasteiger partial charge in [-0.2, -0.15) is 0 Å². The Morgan fingerprint density at radius 3 is 2.78 bits per heavy atom. The number of nitrogens with one attached hydrogen (secondary N) is 2. The van der Waals surface area contributed by atoms with Gasteiger partial charge in [0.25, 0.3) is 0 Å². The highest BCUT2D eigenvalue weighted by Crippen LogP contribution is 2.34. The Labute approximate surface area is 159 Å². The number of ether oxygens (including phenoxy) is 1. The van der Waals surface area contributed by atoms with E-state index >= 15 is 0 Å². The molecule has 142 valence electrons. The molecule has 8 heteroatoms. The summed E-state index contributed by atoms with van der Waals surface area (Å²) in [5.74, 6) is 6.51. The molecule has 1 atom stereocenters. The van der Waals surface area contributed by atoms with E-state index in [2.05, 4.69) is 50.9 Å². The van der Waals surface area contributed by atoms with Crippen molar-refractivity contribution >= 4 is 11.7 Å². The van der Waals surface area contributed by atoms with Crippen molar-refractivity contribution in [3.05, 3.63) is 41.3 Å². The van der Waals surface area contributed by atoms with Crippen LogP contribution in [0, 0.1) is 11.8 Å². The van der Waals surface area contributed by atoms with Crippen LogP contribution < -0.4 is 21.5 Å². The number of amidine groups is 1. The molecule has 1 aromatic carbocycles. The average Bonchev–Trinajstić information content (AvgIpc) is 3.13. The summed E-state index contributed by atoms with van der Waals surface area (Å²) in [6, 6.07) is 5.60. The lowest BCUT2D eigenvalue weighted by atomic mass is 10.0. The average molecular weight is 367 g/mol. The number of benzene rings is 1. The minimum absolute atomic E-state index is 0.286. The molecular formula is C19H25N7O. The van der Waals surface area contributed by atoms with Gasteiger partial charge in [0.15, 0.2) is 11.7 Å². The Bertz CT molecular complexity index is 904. The molecule has 6 N–H and O–H groups in total. The van der Waals surface area contributed by atoms with Crippen molar-refractivity contribution in [2.45, 2.75) is 19.6 Å². The first-order valence-electron chi connectivity index (χ1n) is 8.86. The number of rotatable bonds is 5. The normalized spacial score (nSPS) is 18.2. The van der Waals surface area contributed by atoms with Crippen molar-refractivity contribution in [1.29, 1.82) is 0 Å². The van der Waals surface area contributed by atoms with Crippen molar-refractivity contribution in [3.8, 4) is 17.6 Å². The molecule has 0 radical (unpaired) electrons. The van der Waals surface area contributed by atoms with Gasteiger partial charge in [0, 0.05) is 5.56 Å². The zero-order chi connectivity index (χ0) is 19.4. The van der Waals surface area contributed by atoms with Crippen LogP contribution in [0.15, 0.2) is 29.5 Å². The third kappa shape index (κ3) is 3.74. The van der Waals surface area contributed by atoms with Crippen LogP contribution in [0.25, 0.3) is 0 Å². The van der Waals surface area contributed by atoms with E-state index in [1.165, 1.54) is 6.33 Å². The second kappa shape index (κ2) is 7.70. The second-order valence-corrected chi connectivity index (χ2v) is 6.19. The van der Waals surface area contributed by atoms with Gasteiger partial charge in [-0.05, 0) is 31.3 Å². The summed E-state index contributed by atoms with van der Waals surface area (Å²) in [5, 5.41) is 3.11. The van der Waals surface area contributed by atoms with Crippen LogP contribution >= 0.6 is 0 Å². The monoisotopic (exact) mass is 367 g/mol. The molecule has 27 heavy (non-hydrogen) atoms. The molecule has 0 spiro atoms. The maximum absolute atomic E-state index is 6.49. The van der Waals surface area contributed by atoms with Crippen LogP contribution in [0.4, 0.5) is 5.82 Å². The maximum atomic E-state index is 6.49. The number of nitrogens with two attached hydrogens (primary N) is 2. The number of H-pyrrole nitrogens is 1. The molecule has 0 fully saturated rings. The Kier molecular flexibility index (Phi) is 5.35. The molecule has 0 saturated heterocycles. The third-order valence-corrected chi connectivity index (χ3v) is 4.54. The highest BCUT2D eigenvalue weighted by Gasteiger charge is 2.36. The van der Waals surface area contributed by atoms with Gasteiger partial charge in [-0.25, -0.2) is 9.98 Å². The topological polar surface area (TPSA) is 118 Å². The number of hydrogen-bond acceptors (Lipinski definition) is 7. The molecule has 1 unspecified atom stereocenters. The van der Waals surface area contributed by atoms with Gasteiger partial charge in [0.1, 0.15) is 11.4 Å². The zero-order valence-corrected chi connectivity index (χ0v) is 15.8. The molecule has 0 amide bonds. The third-order valence-electron chi connectivity index (χ3n) is 4.54. The van der Waals surface area contributed by atoms with E-state index in [4.69, 9.17) is 16.2 Å². The van der Waals surface area contributed by atoms with Gasteiger partial charge < -0.3 is 20.8 Å². The number of methoxy groups -OCH3 is 1. The lowest BCUT2D eigenvalue weighted by Crippen LogP contribution is -2.47. The predicted molar refractivity (Wildman–Crippen MR) is 106 cm³/mol. The standard InChI is InChI=1S/C19H25N7O/c1-4-26(5-2)10-6-7-13-8-9-14(15(11-13)27-3)19(21)24-17(20)16-18(25-19)23-12-22-16/h8-9,11-12,25H,4-5,10,21H2,1-3H3,(H2,20,24)(H,22,23). The first kappa shape index (κ1) is 18.8. The Hall–Kier alpha value is -3.02. The first-order chi connectivity index (χ1) is 13.0. The molecular weight excluding hydrogens is 342 g/mol. The zero-order valence-electron chi connectivity index (χ0n) is 15.8. The molecule has 1 aliphatic rings. The van der Waals surface area contributed by atoms with Crippen molar-refractivity contribution in [2.24, 2.45) is 16.5 Å². The molecule has 3 rings (SSSR count). The fourth-order valence-corrected chi connectivity index (χ4v) is 2.95. The van der Waals surface area contributed by atoms with Gasteiger partial charge in [-0.1, -0.05) is 25.7 Å². The highest BCUT2D eigenvalue weighted by molar-refractivity contribution is 6.01. The van der Waals surface area contributed by atoms with E-state index < -0.39 is 5.79 Å². The summed E-state index contributed by atoms with van der Waals surface area (Å²) in [4.78, 5) is 13.8. The Balaban J connectivity index is 1.89. The van der Waals surface area contributed by atoms with Crippen LogP contribution in [0.1, 0.15) is 30.7 Å². The largest absolute Gasteiger partial charge is 0.496 e. The SMILES string of the molecule is CCN(CC)CC#Cc1ccc(C2(N)N=C(N)c3[nH]cnc3N2)c(OC)c1. The molecule has 2 aromatic rings. The van der Waals surface area contributed by atoms with Crippen LogP contribution in [0.5, 0.6) is 5.75 Å². The number of nitrogens with zero attached hydrogens (tertiary/aromatic N) is 3. The summed E-state index contributed by atoms with van der Waals surface area (Å²) < 4.78 is 5.54. The Morgan fingerprint density at radius 1 is 1.30 bits per heavy atom. The van der Waals surface area contributed by atoms with Crippen molar-refractivity contribution < 1.29 is 4.74 Å². The fourth-order valence-electron chi connectivity index (χ4n) is 2.95. The number of anilines is 1. The molecule has 1 aromatic heterocycles. The predicted octanol–water partition coefficient (Wildman–Crippen LogP) is 1.01. The van der Waals surface area contributed by atoms with Crippen molar-refractivity contribution in [2.75, 3.05) is 32.1 Å². The number of aliphatic imine (C=N–C) groups is 1. The number of hydrogen-bond donors (Lipinski definition) is 4. The molecule has 0 bridgehead atoms. The highest BCUT2D eigenvalue weighted by atomic mass is 16.5. The quantitative estimate of drug-likeness (QED) is 0.586. The molecule has 8 nitrogen and oxygen atoms in total. The molecule has 0 aliphatic carbocycles. The fraction of sp³-hybridized carbons (Fsp3) is 0.368. The minimum Gasteiger partial charge on any atom is -0.496 e. The maximum Gasteiger partial charge on any atom is 0.216 e. The van der Waals surface area contributed by atoms with Gasteiger partial charge in [-0.3, -0.25) is 10.6 Å². The summed E-state index contributed by atoms with van der Waals surface area (Å²) in [7, 11) is 1.59. The molecule has 2 heterocycles. The van der Waals surface area contributed by atoms with Crippen molar-refractivity contribution in [1.82, 2.24) is 14.9 Å². The number of fused-ring (bicyclic) bond motifs is 1. The van der Waals surface area contributed by atoms with E-state index in [9.17, 15) is 0 Å². The van der Waals surface area contributed by atoms with Crippen LogP contribution in [-0.2, 0) is 5.79 Å². The van der Waals surface area contributed by atoms with E-state index in [0.29, 0.717) is 22.8 Å². The van der Waals surface area contributed by atoms with Crippen LogP contribution in [0.2, 0.25) is 0 Å². The number of aromatic nitrogens is 2. The van der Waals surface area contributed by atoms with E-state index in [-0.39, 0.29) is 5.84 Å². The minimum atomic E-state index is -1.27. The van der Waals surface area contributed by atoms with Gasteiger partial charge in [0.2, 0.25) is 5.79 Å². The van der Waals surface area contributed by atoms with E-state index in [0.717, 1.165) is 25.2 Å². The smallest absolute Gasteiger partial charge is 0.216 e. The molecule has 0 saturated carbocycles. The van der Waals surface area contributed by atoms with Gasteiger partial charge >= 0.3 is 0 Å². The Morgan fingerprint density at radius 2 is 2.07 bits per heavy atom. The summed E-state index contributed by atoms with van der Waals surface area (Å²) >= 11 is 0. The first-order valence-corrected chi connectivity index (χ1v) is 8.86. The number of imidazole rings is 1.